The number of halogens is 4. The number of amides is 2. The number of likely N-dealkylation sites (N-methyl/N-ethyl adjacent to an activating group) is 1. The predicted molar refractivity (Wildman–Crippen MR) is 181 cm³/mol. The molecule has 1 saturated heterocycles. The second-order valence-corrected chi connectivity index (χ2v) is 12.9. The van der Waals surface area contributed by atoms with Crippen molar-refractivity contribution in [3.05, 3.63) is 71.2 Å². The summed E-state index contributed by atoms with van der Waals surface area (Å²) in [7, 11) is -1.00. The lowest BCUT2D eigenvalue weighted by Crippen LogP contribution is -2.39. The lowest BCUT2D eigenvalue weighted by Gasteiger charge is -2.27. The summed E-state index contributed by atoms with van der Waals surface area (Å²) in [4.78, 5) is 29.9. The third-order valence-electron chi connectivity index (χ3n) is 7.77. The van der Waals surface area contributed by atoms with Crippen molar-refractivity contribution in [3.63, 3.8) is 0 Å². The Morgan fingerprint density at radius 3 is 2.49 bits per heavy atom. The Morgan fingerprint density at radius 2 is 1.88 bits per heavy atom. The normalized spacial score (nSPS) is 15.8. The Balaban J connectivity index is 1.59. The lowest BCUT2D eigenvalue weighted by atomic mass is 9.71. The van der Waals surface area contributed by atoms with Crippen LogP contribution in [0.1, 0.15) is 70.2 Å². The van der Waals surface area contributed by atoms with Crippen LogP contribution in [0.5, 0.6) is 5.88 Å². The number of pyridine rings is 1. The van der Waals surface area contributed by atoms with Crippen LogP contribution in [-0.4, -0.2) is 94.0 Å². The van der Waals surface area contributed by atoms with Crippen LogP contribution in [0.15, 0.2) is 54.2 Å². The van der Waals surface area contributed by atoms with Crippen molar-refractivity contribution in [2.24, 2.45) is 0 Å². The summed E-state index contributed by atoms with van der Waals surface area (Å²) in [6.07, 6.45) is -0.688. The Hall–Kier alpha value is -4.48. The summed E-state index contributed by atoms with van der Waals surface area (Å²) in [5, 5.41) is 26.8. The van der Waals surface area contributed by atoms with Crippen LogP contribution in [0.3, 0.4) is 0 Å². The Labute approximate surface area is 293 Å². The highest BCUT2D eigenvalue weighted by Gasteiger charge is 2.36. The molecular formula is C34H42BF4N5O7. The first kappa shape index (κ1) is 39.3. The number of nitrogens with one attached hydrogen (secondary N) is 1. The van der Waals surface area contributed by atoms with E-state index >= 15 is 4.39 Å². The minimum Gasteiger partial charge on any atom is -0.476 e. The zero-order valence-electron chi connectivity index (χ0n) is 28.9. The van der Waals surface area contributed by atoms with Crippen LogP contribution in [-0.2, 0) is 14.3 Å². The van der Waals surface area contributed by atoms with Gasteiger partial charge in [0.05, 0.1) is 23.9 Å². The number of benzene rings is 1. The molecule has 1 atom stereocenters. The van der Waals surface area contributed by atoms with Gasteiger partial charge in [0.2, 0.25) is 17.7 Å². The molecule has 1 fully saturated rings. The topological polar surface area (TPSA) is 148 Å². The fourth-order valence-electron chi connectivity index (χ4n) is 5.46. The standard InChI is InChI=1S/C34H42BF4N5O7/c1-33(2,3)51-32(46)43(15-7-5-9-27(45)40-4)16-18-49-28-14-12-23(21-41-28)30(25(35(47)48)20-34(37,38)39)22-11-13-26-24(19-22)31(36)42-44(26)29-10-6-8-17-50-29/h5,9,11-14,19,21,29,47-48H,6-8,10,15-18,20H2,1-4H3,(H,40,45)/b9-5+,30-25-. The van der Waals surface area contributed by atoms with Gasteiger partial charge in [-0.2, -0.15) is 17.6 Å². The van der Waals surface area contributed by atoms with E-state index in [4.69, 9.17) is 14.2 Å². The molecule has 1 aromatic carbocycles. The zero-order valence-corrected chi connectivity index (χ0v) is 28.9. The van der Waals surface area contributed by atoms with Gasteiger partial charge in [0.25, 0.3) is 0 Å². The maximum absolute atomic E-state index is 15.2. The Kier molecular flexibility index (Phi) is 13.2. The third kappa shape index (κ3) is 11.3. The molecule has 0 aliphatic carbocycles. The second-order valence-electron chi connectivity index (χ2n) is 12.9. The van der Waals surface area contributed by atoms with E-state index in [2.05, 4.69) is 15.4 Å². The quantitative estimate of drug-likeness (QED) is 0.121. The van der Waals surface area contributed by atoms with Gasteiger partial charge in [-0.25, -0.2) is 14.5 Å². The fourth-order valence-corrected chi connectivity index (χ4v) is 5.46. The minimum absolute atomic E-state index is 0.0181. The van der Waals surface area contributed by atoms with Crippen LogP contribution < -0.4 is 10.1 Å². The van der Waals surface area contributed by atoms with Crippen molar-refractivity contribution < 1.29 is 51.4 Å². The van der Waals surface area contributed by atoms with Gasteiger partial charge in [-0.1, -0.05) is 12.1 Å². The molecule has 3 heterocycles. The lowest BCUT2D eigenvalue weighted by molar-refractivity contribution is -0.126. The van der Waals surface area contributed by atoms with Gasteiger partial charge in [-0.15, -0.1) is 5.10 Å². The van der Waals surface area contributed by atoms with Crippen molar-refractivity contribution >= 4 is 35.6 Å². The number of hydrogen-bond acceptors (Lipinski definition) is 9. The third-order valence-corrected chi connectivity index (χ3v) is 7.77. The molecule has 0 saturated carbocycles. The van der Waals surface area contributed by atoms with E-state index < -0.39 is 49.1 Å². The van der Waals surface area contributed by atoms with Gasteiger partial charge >= 0.3 is 19.4 Å². The van der Waals surface area contributed by atoms with Crippen LogP contribution in [0.25, 0.3) is 16.5 Å². The van der Waals surface area contributed by atoms with E-state index in [1.807, 2.05) is 0 Å². The van der Waals surface area contributed by atoms with E-state index in [0.717, 1.165) is 12.8 Å². The van der Waals surface area contributed by atoms with E-state index in [-0.39, 0.29) is 53.6 Å². The van der Waals surface area contributed by atoms with E-state index in [1.54, 1.807) is 26.8 Å². The molecule has 3 N–H and O–H groups in total. The van der Waals surface area contributed by atoms with Gasteiger partial charge in [0, 0.05) is 38.0 Å². The van der Waals surface area contributed by atoms with Crippen molar-refractivity contribution in [1.29, 1.82) is 0 Å². The Morgan fingerprint density at radius 1 is 1.14 bits per heavy atom. The molecule has 12 nitrogen and oxygen atoms in total. The molecule has 0 spiro atoms. The molecule has 2 aromatic heterocycles. The molecule has 17 heteroatoms. The average Bonchev–Trinajstić information content (AvgIpc) is 3.40. The van der Waals surface area contributed by atoms with E-state index in [9.17, 15) is 32.8 Å². The summed E-state index contributed by atoms with van der Waals surface area (Å²) < 4.78 is 74.7. The molecule has 4 rings (SSSR count). The van der Waals surface area contributed by atoms with Crippen LogP contribution >= 0.6 is 0 Å². The molecule has 51 heavy (non-hydrogen) atoms. The molecular weight excluding hydrogens is 677 g/mol. The first-order valence-electron chi connectivity index (χ1n) is 16.5. The number of hydrogen-bond donors (Lipinski definition) is 3. The van der Waals surface area contributed by atoms with Gasteiger partial charge in [0.1, 0.15) is 12.2 Å². The highest BCUT2D eigenvalue weighted by molar-refractivity contribution is 6.53. The summed E-state index contributed by atoms with van der Waals surface area (Å²) in [5.74, 6) is -1.08. The highest BCUT2D eigenvalue weighted by atomic mass is 19.4. The molecule has 1 aliphatic rings. The number of aromatic nitrogens is 3. The van der Waals surface area contributed by atoms with Gasteiger partial charge in [-0.3, -0.25) is 4.79 Å². The number of carbonyl (C=O) groups is 2. The highest BCUT2D eigenvalue weighted by Crippen LogP contribution is 2.37. The molecule has 2 amide bonds. The van der Waals surface area contributed by atoms with Crippen molar-refractivity contribution in [1.82, 2.24) is 25.0 Å². The molecule has 3 aromatic rings. The largest absolute Gasteiger partial charge is 0.485 e. The smallest absolute Gasteiger partial charge is 0.476 e. The molecule has 0 bridgehead atoms. The fraction of sp³-hybridized carbons (Fsp3) is 0.471. The van der Waals surface area contributed by atoms with Crippen LogP contribution in [0, 0.1) is 5.95 Å². The predicted octanol–water partition coefficient (Wildman–Crippen LogP) is 5.34. The minimum atomic E-state index is -4.81. The van der Waals surface area contributed by atoms with Gasteiger partial charge < -0.3 is 34.5 Å². The van der Waals surface area contributed by atoms with Crippen molar-refractivity contribution in [2.75, 3.05) is 33.4 Å². The first-order chi connectivity index (χ1) is 24.1. The Bertz CT molecular complexity index is 1720. The number of alkyl halides is 3. The molecule has 1 unspecified atom stereocenters. The summed E-state index contributed by atoms with van der Waals surface area (Å²) in [5.41, 5.74) is -1.20. The molecule has 0 radical (unpaired) electrons. The summed E-state index contributed by atoms with van der Waals surface area (Å²) >= 11 is 0. The van der Waals surface area contributed by atoms with Crippen molar-refractivity contribution in [3.8, 4) is 5.88 Å². The van der Waals surface area contributed by atoms with E-state index in [1.165, 1.54) is 59.2 Å². The van der Waals surface area contributed by atoms with Gasteiger partial charge in [0.15, 0.2) is 6.23 Å². The maximum Gasteiger partial charge on any atom is 0.485 e. The first-order valence-corrected chi connectivity index (χ1v) is 16.5. The summed E-state index contributed by atoms with van der Waals surface area (Å²) in [6, 6.07) is 7.04. The number of ether oxygens (including phenoxy) is 3. The number of carbonyl (C=O) groups excluding carboxylic acids is 2. The maximum atomic E-state index is 15.2. The molecule has 276 valence electrons. The second kappa shape index (κ2) is 17.2. The SMILES string of the molecule is CNC(=O)/C=C/CCN(CCOc1ccc(/C(=C(/CC(F)(F)F)B(O)O)c2ccc3c(c2)c(F)nn3C2CCCCO2)cn1)C(=O)OC(C)(C)C. The number of rotatable bonds is 13. The van der Waals surface area contributed by atoms with Crippen LogP contribution in [0.2, 0.25) is 0 Å². The van der Waals surface area contributed by atoms with E-state index in [0.29, 0.717) is 25.0 Å². The summed E-state index contributed by atoms with van der Waals surface area (Å²) in [6.45, 7) is 5.92. The zero-order chi connectivity index (χ0) is 37.3. The number of nitrogens with zero attached hydrogens (tertiary/aromatic N) is 4. The van der Waals surface area contributed by atoms with Crippen molar-refractivity contribution in [2.45, 2.75) is 70.9 Å². The molecule has 1 aliphatic heterocycles. The monoisotopic (exact) mass is 719 g/mol. The van der Waals surface area contributed by atoms with Gasteiger partial charge in [-0.05, 0) is 87.3 Å². The van der Waals surface area contributed by atoms with Crippen LogP contribution in [0.4, 0.5) is 22.4 Å². The number of fused-ring (bicyclic) bond motifs is 1. The average molecular weight is 720 g/mol. The number of allylic oxidation sites excluding steroid dienone is 1.